The number of carbonyl (C=O) groups excluding carboxylic acids is 1. The normalized spacial score (nSPS) is 17.5. The Bertz CT molecular complexity index is 898. The molecule has 0 aliphatic carbocycles. The predicted molar refractivity (Wildman–Crippen MR) is 89.3 cm³/mol. The maximum atomic E-state index is 12.0. The summed E-state index contributed by atoms with van der Waals surface area (Å²) in [5.41, 5.74) is -0.0189. The number of furan rings is 1. The lowest BCUT2D eigenvalue weighted by Gasteiger charge is -2.02. The first-order chi connectivity index (χ1) is 11.4. The number of benzene rings is 1. The van der Waals surface area contributed by atoms with Gasteiger partial charge in [0.25, 0.3) is 5.91 Å². The van der Waals surface area contributed by atoms with E-state index in [0.29, 0.717) is 10.7 Å². The molecule has 3 N–H and O–H groups in total. The first-order valence-corrected chi connectivity index (χ1v) is 7.66. The summed E-state index contributed by atoms with van der Waals surface area (Å²) < 4.78 is 5.40. The number of nitrogens with one attached hydrogen (secondary N) is 1. The van der Waals surface area contributed by atoms with Crippen LogP contribution < -0.4 is 5.32 Å². The Morgan fingerprint density at radius 2 is 2.12 bits per heavy atom. The van der Waals surface area contributed by atoms with Crippen LogP contribution in [0.4, 0.5) is 5.69 Å². The van der Waals surface area contributed by atoms with Gasteiger partial charge in [-0.25, -0.2) is 9.79 Å². The molecule has 1 aromatic carbocycles. The number of thioether (sulfide) groups is 1. The number of hydrogen-bond donors (Lipinski definition) is 3. The van der Waals surface area contributed by atoms with Crippen molar-refractivity contribution < 1.29 is 24.2 Å². The van der Waals surface area contributed by atoms with Gasteiger partial charge in [0.05, 0.1) is 16.2 Å². The summed E-state index contributed by atoms with van der Waals surface area (Å²) in [6, 6.07) is 7.33. The van der Waals surface area contributed by atoms with Crippen molar-refractivity contribution in [3.63, 3.8) is 0 Å². The van der Waals surface area contributed by atoms with Gasteiger partial charge in [-0.15, -0.1) is 0 Å². The maximum Gasteiger partial charge on any atom is 0.338 e. The largest absolute Gasteiger partial charge is 0.508 e. The quantitative estimate of drug-likeness (QED) is 0.738. The molecule has 1 fully saturated rings. The summed E-state index contributed by atoms with van der Waals surface area (Å²) in [6.07, 6.45) is 1.59. The molecule has 0 bridgehead atoms. The van der Waals surface area contributed by atoms with Gasteiger partial charge in [0.2, 0.25) is 0 Å². The molecule has 0 radical (unpaired) electrons. The summed E-state index contributed by atoms with van der Waals surface area (Å²) in [5.74, 6) is -0.463. The van der Waals surface area contributed by atoms with Crippen molar-refractivity contribution >= 4 is 40.6 Å². The Balaban J connectivity index is 1.90. The zero-order valence-corrected chi connectivity index (χ0v) is 13.3. The molecule has 0 saturated carbocycles. The van der Waals surface area contributed by atoms with Crippen LogP contribution in [-0.2, 0) is 4.79 Å². The van der Waals surface area contributed by atoms with E-state index in [0.717, 1.165) is 23.6 Å². The first kappa shape index (κ1) is 15.9. The average molecular weight is 344 g/mol. The standard InChI is InChI=1S/C16H12N2O5S/c1-8-2-4-10(23-8)7-13-14(20)18-16(24-13)17-12-5-3-9(19)6-11(12)15(21)22/h2-7,19H,1H3,(H,21,22)(H,17,18,20)/b13-7-. The molecule has 8 heteroatoms. The van der Waals surface area contributed by atoms with Gasteiger partial charge in [-0.1, -0.05) is 0 Å². The van der Waals surface area contributed by atoms with E-state index in [-0.39, 0.29) is 28.1 Å². The molecule has 122 valence electrons. The van der Waals surface area contributed by atoms with Gasteiger partial charge in [-0.05, 0) is 49.0 Å². The number of aromatic carboxylic acids is 1. The molecule has 1 aromatic heterocycles. The highest BCUT2D eigenvalue weighted by atomic mass is 32.2. The lowest BCUT2D eigenvalue weighted by atomic mass is 10.2. The van der Waals surface area contributed by atoms with Gasteiger partial charge in [0, 0.05) is 6.08 Å². The van der Waals surface area contributed by atoms with E-state index >= 15 is 0 Å². The molecule has 0 spiro atoms. The van der Waals surface area contributed by atoms with Crippen LogP contribution >= 0.6 is 11.8 Å². The minimum absolute atomic E-state index is 0.137. The minimum atomic E-state index is -1.22. The molecule has 1 aliphatic rings. The topological polar surface area (TPSA) is 112 Å². The lowest BCUT2D eigenvalue weighted by molar-refractivity contribution is -0.115. The van der Waals surface area contributed by atoms with E-state index in [4.69, 9.17) is 9.52 Å². The number of hydrogen-bond acceptors (Lipinski definition) is 6. The van der Waals surface area contributed by atoms with Gasteiger partial charge >= 0.3 is 5.97 Å². The Labute approximate surface area is 140 Å². The van der Waals surface area contributed by atoms with Gasteiger partial charge in [-0.2, -0.15) is 0 Å². The second-order valence-electron chi connectivity index (χ2n) is 4.94. The van der Waals surface area contributed by atoms with Crippen molar-refractivity contribution in [2.24, 2.45) is 4.99 Å². The third-order valence-electron chi connectivity index (χ3n) is 3.12. The maximum absolute atomic E-state index is 12.0. The highest BCUT2D eigenvalue weighted by Crippen LogP contribution is 2.30. The Morgan fingerprint density at radius 3 is 2.79 bits per heavy atom. The third-order valence-corrected chi connectivity index (χ3v) is 4.03. The number of amidine groups is 1. The van der Waals surface area contributed by atoms with Crippen LogP contribution in [0.15, 0.2) is 44.6 Å². The molecule has 1 aliphatic heterocycles. The number of carboxylic acid groups (broad SMARTS) is 1. The number of phenolic OH excluding ortho intramolecular Hbond substituents is 1. The second kappa shape index (κ2) is 6.25. The van der Waals surface area contributed by atoms with Crippen LogP contribution in [-0.4, -0.2) is 27.3 Å². The molecule has 0 atom stereocenters. The summed E-state index contributed by atoms with van der Waals surface area (Å²) in [6.45, 7) is 1.80. The molecule has 24 heavy (non-hydrogen) atoms. The minimum Gasteiger partial charge on any atom is -0.508 e. The summed E-state index contributed by atoms with van der Waals surface area (Å²) in [4.78, 5) is 27.7. The number of aryl methyl sites for hydroxylation is 1. The Kier molecular flexibility index (Phi) is 4.13. The molecule has 1 saturated heterocycles. The monoisotopic (exact) mass is 344 g/mol. The number of amides is 1. The van der Waals surface area contributed by atoms with E-state index < -0.39 is 5.97 Å². The second-order valence-corrected chi connectivity index (χ2v) is 5.97. The summed E-state index contributed by atoms with van der Waals surface area (Å²) in [5, 5.41) is 21.4. The highest BCUT2D eigenvalue weighted by Gasteiger charge is 2.25. The van der Waals surface area contributed by atoms with Crippen molar-refractivity contribution in [1.29, 1.82) is 0 Å². The Hall–Kier alpha value is -3.00. The number of carboxylic acids is 1. The number of aromatic hydroxyl groups is 1. The molecule has 3 rings (SSSR count). The van der Waals surface area contributed by atoms with E-state index in [1.165, 1.54) is 12.1 Å². The van der Waals surface area contributed by atoms with Crippen molar-refractivity contribution in [1.82, 2.24) is 5.32 Å². The van der Waals surface area contributed by atoms with Gasteiger partial charge in [0.1, 0.15) is 17.3 Å². The number of nitrogens with zero attached hydrogens (tertiary/aromatic N) is 1. The van der Waals surface area contributed by atoms with Crippen LogP contribution in [0.25, 0.3) is 6.08 Å². The van der Waals surface area contributed by atoms with Crippen molar-refractivity contribution in [3.05, 3.63) is 52.3 Å². The summed E-state index contributed by atoms with van der Waals surface area (Å²) in [7, 11) is 0. The van der Waals surface area contributed by atoms with Gasteiger partial charge in [0.15, 0.2) is 5.17 Å². The lowest BCUT2D eigenvalue weighted by Crippen LogP contribution is -2.19. The van der Waals surface area contributed by atoms with E-state index in [2.05, 4.69) is 10.3 Å². The third kappa shape index (κ3) is 3.33. The van der Waals surface area contributed by atoms with Crippen LogP contribution in [0.1, 0.15) is 21.9 Å². The van der Waals surface area contributed by atoms with Crippen LogP contribution in [0.2, 0.25) is 0 Å². The number of rotatable bonds is 3. The van der Waals surface area contributed by atoms with Crippen molar-refractivity contribution in [3.8, 4) is 5.75 Å². The summed E-state index contributed by atoms with van der Waals surface area (Å²) >= 11 is 1.08. The molecular formula is C16H12N2O5S. The zero-order chi connectivity index (χ0) is 17.3. The van der Waals surface area contributed by atoms with E-state index in [9.17, 15) is 14.7 Å². The van der Waals surface area contributed by atoms with Gasteiger partial charge < -0.3 is 19.9 Å². The number of phenols is 1. The fraction of sp³-hybridized carbons (Fsp3) is 0.0625. The van der Waals surface area contributed by atoms with Crippen LogP contribution in [0.5, 0.6) is 5.75 Å². The average Bonchev–Trinajstić information content (AvgIpc) is 3.07. The van der Waals surface area contributed by atoms with Gasteiger partial charge in [-0.3, -0.25) is 4.79 Å². The van der Waals surface area contributed by atoms with E-state index in [1.54, 1.807) is 25.1 Å². The van der Waals surface area contributed by atoms with E-state index in [1.807, 2.05) is 0 Å². The molecule has 7 nitrogen and oxygen atoms in total. The number of aliphatic imine (C=N–C) groups is 1. The fourth-order valence-corrected chi connectivity index (χ4v) is 2.86. The predicted octanol–water partition coefficient (Wildman–Crippen LogP) is 2.88. The highest BCUT2D eigenvalue weighted by molar-refractivity contribution is 8.18. The smallest absolute Gasteiger partial charge is 0.338 e. The Morgan fingerprint density at radius 1 is 1.33 bits per heavy atom. The van der Waals surface area contributed by atoms with Crippen molar-refractivity contribution in [2.45, 2.75) is 6.92 Å². The first-order valence-electron chi connectivity index (χ1n) is 6.85. The molecule has 2 aromatic rings. The van der Waals surface area contributed by atoms with Crippen LogP contribution in [0.3, 0.4) is 0 Å². The zero-order valence-electron chi connectivity index (χ0n) is 12.4. The molecule has 0 unspecified atom stereocenters. The van der Waals surface area contributed by atoms with Crippen molar-refractivity contribution in [2.75, 3.05) is 0 Å². The molecule has 1 amide bonds. The SMILES string of the molecule is Cc1ccc(/C=C2\SC(=Nc3ccc(O)cc3C(=O)O)NC2=O)o1. The number of carbonyl (C=O) groups is 2. The molecule has 2 heterocycles. The van der Waals surface area contributed by atoms with Crippen LogP contribution in [0, 0.1) is 6.92 Å². The molecular weight excluding hydrogens is 332 g/mol. The fourth-order valence-electron chi connectivity index (χ4n) is 2.04.